The van der Waals surface area contributed by atoms with Crippen LogP contribution >= 0.6 is 11.3 Å². The fourth-order valence-electron chi connectivity index (χ4n) is 2.07. The normalized spacial score (nSPS) is 14.3. The number of hydrogen-bond donors (Lipinski definition) is 2. The summed E-state index contributed by atoms with van der Waals surface area (Å²) in [5.41, 5.74) is 7.22. The summed E-state index contributed by atoms with van der Waals surface area (Å²) < 4.78 is 0. The van der Waals surface area contributed by atoms with Gasteiger partial charge in [-0.15, -0.1) is 11.3 Å². The molecule has 19 heavy (non-hydrogen) atoms. The van der Waals surface area contributed by atoms with Crippen molar-refractivity contribution in [3.05, 3.63) is 57.8 Å². The largest absolute Gasteiger partial charge is 0.321 e. The molecule has 0 fully saturated rings. The first-order valence-electron chi connectivity index (χ1n) is 6.74. The van der Waals surface area contributed by atoms with Gasteiger partial charge in [-0.3, -0.25) is 0 Å². The molecule has 102 valence electrons. The van der Waals surface area contributed by atoms with Crippen LogP contribution in [0.4, 0.5) is 0 Å². The van der Waals surface area contributed by atoms with E-state index in [1.807, 2.05) is 29.5 Å². The van der Waals surface area contributed by atoms with Gasteiger partial charge in [-0.05, 0) is 31.0 Å². The smallest absolute Gasteiger partial charge is 0.0507 e. The highest BCUT2D eigenvalue weighted by atomic mass is 32.1. The molecule has 3 N–H and O–H groups in total. The van der Waals surface area contributed by atoms with Gasteiger partial charge in [0, 0.05) is 22.8 Å². The number of aryl methyl sites for hydroxylation is 1. The van der Waals surface area contributed by atoms with Crippen LogP contribution in [0.5, 0.6) is 0 Å². The first kappa shape index (κ1) is 14.3. The number of hydrogen-bond acceptors (Lipinski definition) is 3. The molecule has 1 aromatic heterocycles. The summed E-state index contributed by atoms with van der Waals surface area (Å²) in [5, 5.41) is 3.46. The van der Waals surface area contributed by atoms with Gasteiger partial charge in [0.15, 0.2) is 0 Å². The molecular formula is C16H22N2S. The van der Waals surface area contributed by atoms with Gasteiger partial charge in [-0.2, -0.15) is 0 Å². The van der Waals surface area contributed by atoms with Crippen LogP contribution in [-0.4, -0.2) is 6.54 Å². The Morgan fingerprint density at radius 2 is 1.79 bits per heavy atom. The maximum atomic E-state index is 6.37. The van der Waals surface area contributed by atoms with Crippen molar-refractivity contribution in [3.8, 4) is 0 Å². The molecule has 1 aromatic carbocycles. The van der Waals surface area contributed by atoms with E-state index in [1.165, 1.54) is 15.3 Å². The fraction of sp³-hybridized carbons (Fsp3) is 0.375. The lowest BCUT2D eigenvalue weighted by atomic mass is 9.93. The third kappa shape index (κ3) is 3.90. The maximum absolute atomic E-state index is 6.37. The Bertz CT molecular complexity index is 502. The third-order valence-electron chi connectivity index (χ3n) is 3.29. The average Bonchev–Trinajstić information content (AvgIpc) is 2.87. The number of nitrogens with two attached hydrogens (primary N) is 1. The van der Waals surface area contributed by atoms with Crippen molar-refractivity contribution >= 4 is 11.3 Å². The average molecular weight is 274 g/mol. The zero-order valence-corrected chi connectivity index (χ0v) is 12.5. The van der Waals surface area contributed by atoms with Crippen molar-refractivity contribution in [2.45, 2.75) is 32.4 Å². The van der Waals surface area contributed by atoms with E-state index in [-0.39, 0.29) is 5.54 Å². The highest BCUT2D eigenvalue weighted by Crippen LogP contribution is 2.18. The molecule has 0 bridgehead atoms. The number of nitrogens with one attached hydrogen (secondary N) is 1. The van der Waals surface area contributed by atoms with Gasteiger partial charge in [0.1, 0.15) is 0 Å². The van der Waals surface area contributed by atoms with Crippen LogP contribution in [0.25, 0.3) is 0 Å². The predicted octanol–water partition coefficient (Wildman–Crippen LogP) is 3.27. The molecule has 0 amide bonds. The minimum absolute atomic E-state index is 0.327. The highest BCUT2D eigenvalue weighted by molar-refractivity contribution is 7.11. The Labute approximate surface area is 119 Å². The molecule has 1 unspecified atom stereocenters. The lowest BCUT2D eigenvalue weighted by molar-refractivity contribution is 0.447. The topological polar surface area (TPSA) is 38.0 Å². The Hall–Kier alpha value is -1.16. The van der Waals surface area contributed by atoms with E-state index in [9.17, 15) is 0 Å². The predicted molar refractivity (Wildman–Crippen MR) is 83.4 cm³/mol. The number of benzene rings is 1. The third-order valence-corrected chi connectivity index (χ3v) is 4.52. The number of thiophene rings is 1. The Kier molecular flexibility index (Phi) is 4.75. The van der Waals surface area contributed by atoms with Crippen LogP contribution in [0.3, 0.4) is 0 Å². The van der Waals surface area contributed by atoms with Gasteiger partial charge in [0.2, 0.25) is 0 Å². The van der Waals surface area contributed by atoms with Crippen LogP contribution in [0.15, 0.2) is 42.5 Å². The molecule has 0 saturated carbocycles. The standard InChI is InChI=1S/C16H22N2S/c1-3-14-9-10-15(19-14)11-18-12-16(2,17)13-7-5-4-6-8-13/h4-10,18H,3,11-12,17H2,1-2H3. The first-order valence-corrected chi connectivity index (χ1v) is 7.56. The molecule has 0 spiro atoms. The second kappa shape index (κ2) is 6.33. The molecule has 3 heteroatoms. The molecule has 2 nitrogen and oxygen atoms in total. The summed E-state index contributed by atoms with van der Waals surface area (Å²) in [6, 6.07) is 14.7. The monoisotopic (exact) mass is 274 g/mol. The van der Waals surface area contributed by atoms with Crippen molar-refractivity contribution < 1.29 is 0 Å². The quantitative estimate of drug-likeness (QED) is 0.848. The molecule has 2 rings (SSSR count). The molecular weight excluding hydrogens is 252 g/mol. The Morgan fingerprint density at radius 3 is 2.42 bits per heavy atom. The lowest BCUT2D eigenvalue weighted by Crippen LogP contribution is -2.43. The molecule has 1 atom stereocenters. The zero-order chi connectivity index (χ0) is 13.7. The second-order valence-electron chi connectivity index (χ2n) is 5.11. The van der Waals surface area contributed by atoms with Crippen LogP contribution < -0.4 is 11.1 Å². The minimum Gasteiger partial charge on any atom is -0.321 e. The van der Waals surface area contributed by atoms with E-state index in [4.69, 9.17) is 5.73 Å². The molecule has 0 aliphatic heterocycles. The van der Waals surface area contributed by atoms with Gasteiger partial charge in [0.05, 0.1) is 5.54 Å². The summed E-state index contributed by atoms with van der Waals surface area (Å²) >= 11 is 1.88. The van der Waals surface area contributed by atoms with Gasteiger partial charge >= 0.3 is 0 Å². The highest BCUT2D eigenvalue weighted by Gasteiger charge is 2.20. The number of rotatable bonds is 6. The van der Waals surface area contributed by atoms with Crippen molar-refractivity contribution in [1.29, 1.82) is 0 Å². The van der Waals surface area contributed by atoms with Crippen molar-refractivity contribution in [3.63, 3.8) is 0 Å². The van der Waals surface area contributed by atoms with Gasteiger partial charge in [0.25, 0.3) is 0 Å². The Balaban J connectivity index is 1.88. The molecule has 2 aromatic rings. The van der Waals surface area contributed by atoms with Crippen LogP contribution in [-0.2, 0) is 18.5 Å². The van der Waals surface area contributed by atoms with Crippen LogP contribution in [0, 0.1) is 0 Å². The van der Waals surface area contributed by atoms with Gasteiger partial charge < -0.3 is 11.1 Å². The summed E-state index contributed by atoms with van der Waals surface area (Å²) in [6.07, 6.45) is 1.11. The van der Waals surface area contributed by atoms with Crippen LogP contribution in [0.1, 0.15) is 29.2 Å². The van der Waals surface area contributed by atoms with E-state index in [0.29, 0.717) is 0 Å². The Morgan fingerprint density at radius 1 is 1.11 bits per heavy atom. The molecule has 0 aliphatic rings. The lowest BCUT2D eigenvalue weighted by Gasteiger charge is -2.25. The summed E-state index contributed by atoms with van der Waals surface area (Å²) in [4.78, 5) is 2.82. The van der Waals surface area contributed by atoms with Crippen molar-refractivity contribution in [2.24, 2.45) is 5.73 Å². The van der Waals surface area contributed by atoms with E-state index < -0.39 is 0 Å². The van der Waals surface area contributed by atoms with E-state index >= 15 is 0 Å². The minimum atomic E-state index is -0.327. The molecule has 0 radical (unpaired) electrons. The van der Waals surface area contributed by atoms with E-state index in [1.54, 1.807) is 0 Å². The van der Waals surface area contributed by atoms with E-state index in [2.05, 4.69) is 43.4 Å². The first-order chi connectivity index (χ1) is 9.12. The van der Waals surface area contributed by atoms with E-state index in [0.717, 1.165) is 19.5 Å². The summed E-state index contributed by atoms with van der Waals surface area (Å²) in [5.74, 6) is 0. The van der Waals surface area contributed by atoms with Crippen molar-refractivity contribution in [1.82, 2.24) is 5.32 Å². The second-order valence-corrected chi connectivity index (χ2v) is 6.36. The fourth-order valence-corrected chi connectivity index (χ4v) is 3.00. The zero-order valence-electron chi connectivity index (χ0n) is 11.6. The van der Waals surface area contributed by atoms with Crippen molar-refractivity contribution in [2.75, 3.05) is 6.54 Å². The van der Waals surface area contributed by atoms with Gasteiger partial charge in [-0.25, -0.2) is 0 Å². The molecule has 0 aliphatic carbocycles. The summed E-state index contributed by atoms with van der Waals surface area (Å²) in [7, 11) is 0. The molecule has 1 heterocycles. The van der Waals surface area contributed by atoms with Crippen LogP contribution in [0.2, 0.25) is 0 Å². The molecule has 0 saturated heterocycles. The summed E-state index contributed by atoms with van der Waals surface area (Å²) in [6.45, 7) is 5.93. The maximum Gasteiger partial charge on any atom is 0.0507 e. The van der Waals surface area contributed by atoms with Gasteiger partial charge in [-0.1, -0.05) is 37.3 Å². The SMILES string of the molecule is CCc1ccc(CNCC(C)(N)c2ccccc2)s1.